The van der Waals surface area contributed by atoms with Gasteiger partial charge in [-0.15, -0.1) is 0 Å². The summed E-state index contributed by atoms with van der Waals surface area (Å²) in [5, 5.41) is 8.33. The van der Waals surface area contributed by atoms with Gasteiger partial charge in [0.15, 0.2) is 5.11 Å². The molecule has 0 spiro atoms. The van der Waals surface area contributed by atoms with Crippen molar-refractivity contribution < 1.29 is 0 Å². The van der Waals surface area contributed by atoms with Crippen LogP contribution in [0.3, 0.4) is 0 Å². The number of hydrogen-bond acceptors (Lipinski definition) is 3. The van der Waals surface area contributed by atoms with E-state index in [0.717, 1.165) is 36.3 Å². The molecule has 2 aromatic rings. The lowest BCUT2D eigenvalue weighted by atomic mass is 9.99. The summed E-state index contributed by atoms with van der Waals surface area (Å²) in [6.45, 7) is 6.38. The van der Waals surface area contributed by atoms with E-state index in [9.17, 15) is 0 Å². The van der Waals surface area contributed by atoms with Gasteiger partial charge in [-0.2, -0.15) is 5.10 Å². The fourth-order valence-corrected chi connectivity index (χ4v) is 3.59. The Hall–Kier alpha value is -2.11. The lowest BCUT2D eigenvalue weighted by Gasteiger charge is -2.30. The second kappa shape index (κ2) is 8.52. The number of benzene rings is 2. The summed E-state index contributed by atoms with van der Waals surface area (Å²) in [6, 6.07) is 12.2. The van der Waals surface area contributed by atoms with Crippen LogP contribution >= 0.6 is 23.8 Å². The van der Waals surface area contributed by atoms with Crippen LogP contribution in [0.5, 0.6) is 0 Å². The van der Waals surface area contributed by atoms with Gasteiger partial charge in [0.05, 0.1) is 16.9 Å². The van der Waals surface area contributed by atoms with Crippen molar-refractivity contribution in [2.24, 2.45) is 5.10 Å². The van der Waals surface area contributed by atoms with Crippen LogP contribution in [0, 0.1) is 6.92 Å². The van der Waals surface area contributed by atoms with Gasteiger partial charge in [0, 0.05) is 18.8 Å². The minimum absolute atomic E-state index is 0.405. The molecule has 0 fully saturated rings. The quantitative estimate of drug-likeness (QED) is 0.452. The summed E-state index contributed by atoms with van der Waals surface area (Å²) in [5.74, 6) is 0. The van der Waals surface area contributed by atoms with Gasteiger partial charge in [0.1, 0.15) is 0 Å². The maximum absolute atomic E-state index is 6.20. The fourth-order valence-electron chi connectivity index (χ4n) is 3.14. The zero-order chi connectivity index (χ0) is 18.5. The highest BCUT2D eigenvalue weighted by molar-refractivity contribution is 7.80. The zero-order valence-corrected chi connectivity index (χ0v) is 16.6. The molecule has 0 saturated carbocycles. The van der Waals surface area contributed by atoms with Crippen molar-refractivity contribution in [2.75, 3.05) is 23.3 Å². The molecule has 136 valence electrons. The second-order valence-electron chi connectivity index (χ2n) is 6.38. The van der Waals surface area contributed by atoms with Crippen LogP contribution in [0.4, 0.5) is 11.4 Å². The number of thiocarbonyl (C=S) groups is 1. The number of halogens is 1. The first-order valence-corrected chi connectivity index (χ1v) is 9.59. The number of hydrazone groups is 1. The minimum atomic E-state index is 0.405. The fraction of sp³-hybridized carbons (Fsp3) is 0.300. The highest BCUT2D eigenvalue weighted by Crippen LogP contribution is 2.27. The number of hydrogen-bond donors (Lipinski definition) is 2. The summed E-state index contributed by atoms with van der Waals surface area (Å²) in [5.41, 5.74) is 8.49. The molecule has 0 aliphatic carbocycles. The highest BCUT2D eigenvalue weighted by Gasteiger charge is 2.15. The summed E-state index contributed by atoms with van der Waals surface area (Å²) in [4.78, 5) is 2.42. The van der Waals surface area contributed by atoms with Gasteiger partial charge in [-0.1, -0.05) is 23.7 Å². The van der Waals surface area contributed by atoms with Gasteiger partial charge in [-0.25, -0.2) is 0 Å². The molecule has 0 unspecified atom stereocenters. The van der Waals surface area contributed by atoms with Gasteiger partial charge in [-0.3, -0.25) is 5.43 Å². The third kappa shape index (κ3) is 4.54. The van der Waals surface area contributed by atoms with Crippen molar-refractivity contribution >= 4 is 46.5 Å². The Morgan fingerprint density at radius 2 is 2.15 bits per heavy atom. The third-order valence-electron chi connectivity index (χ3n) is 4.45. The number of nitrogens with one attached hydrogen (secondary N) is 2. The molecule has 0 saturated heterocycles. The maximum Gasteiger partial charge on any atom is 0.191 e. The molecule has 0 amide bonds. The number of aryl methyl sites for hydroxylation is 2. The van der Waals surface area contributed by atoms with Crippen molar-refractivity contribution in [3.05, 3.63) is 58.1 Å². The van der Waals surface area contributed by atoms with Crippen LogP contribution in [0.25, 0.3) is 0 Å². The molecule has 3 rings (SSSR count). The van der Waals surface area contributed by atoms with Crippen molar-refractivity contribution in [3.8, 4) is 0 Å². The molecular weight excluding hydrogens is 364 g/mol. The van der Waals surface area contributed by atoms with Crippen molar-refractivity contribution in [2.45, 2.75) is 26.7 Å². The summed E-state index contributed by atoms with van der Waals surface area (Å²) in [6.07, 6.45) is 4.10. The first-order valence-electron chi connectivity index (χ1n) is 8.81. The molecule has 1 aliphatic heterocycles. The minimum Gasteiger partial charge on any atom is -0.372 e. The van der Waals surface area contributed by atoms with Gasteiger partial charge < -0.3 is 10.2 Å². The van der Waals surface area contributed by atoms with Gasteiger partial charge in [0.2, 0.25) is 0 Å². The Morgan fingerprint density at radius 1 is 1.31 bits per heavy atom. The van der Waals surface area contributed by atoms with Crippen LogP contribution in [-0.4, -0.2) is 24.4 Å². The van der Waals surface area contributed by atoms with E-state index in [4.69, 9.17) is 23.8 Å². The predicted molar refractivity (Wildman–Crippen MR) is 116 cm³/mol. The normalized spacial score (nSPS) is 13.6. The molecule has 0 radical (unpaired) electrons. The number of anilines is 2. The molecule has 26 heavy (non-hydrogen) atoms. The van der Waals surface area contributed by atoms with Gasteiger partial charge in [-0.05, 0) is 79.9 Å². The smallest absolute Gasteiger partial charge is 0.191 e. The van der Waals surface area contributed by atoms with Crippen LogP contribution < -0.4 is 15.6 Å². The predicted octanol–water partition coefficient (Wildman–Crippen LogP) is 4.74. The average Bonchev–Trinajstić information content (AvgIpc) is 2.63. The first kappa shape index (κ1) is 18.7. The molecular formula is C20H23ClN4S. The van der Waals surface area contributed by atoms with E-state index in [1.807, 2.05) is 25.1 Å². The lowest BCUT2D eigenvalue weighted by Crippen LogP contribution is -2.28. The summed E-state index contributed by atoms with van der Waals surface area (Å²) >= 11 is 11.5. The van der Waals surface area contributed by atoms with Gasteiger partial charge in [0.25, 0.3) is 0 Å². The van der Waals surface area contributed by atoms with E-state index < -0.39 is 0 Å². The van der Waals surface area contributed by atoms with Crippen molar-refractivity contribution in [1.82, 2.24) is 5.43 Å². The van der Waals surface area contributed by atoms with Crippen LogP contribution in [0.2, 0.25) is 5.02 Å². The van der Waals surface area contributed by atoms with E-state index in [0.29, 0.717) is 10.1 Å². The third-order valence-corrected chi connectivity index (χ3v) is 4.96. The molecule has 0 atom stereocenters. The molecule has 0 aromatic heterocycles. The van der Waals surface area contributed by atoms with E-state index in [1.165, 1.54) is 17.7 Å². The van der Waals surface area contributed by atoms with Crippen LogP contribution in [0.1, 0.15) is 30.0 Å². The monoisotopic (exact) mass is 386 g/mol. The van der Waals surface area contributed by atoms with Crippen LogP contribution in [0.15, 0.2) is 41.5 Å². The first-order chi connectivity index (χ1) is 12.6. The molecule has 2 N–H and O–H groups in total. The SMILES string of the molecule is CCN1CCCc2cc(C=NNC(=S)Nc3ccc(C)cc3Cl)ccc21. The average molecular weight is 387 g/mol. The molecule has 6 heteroatoms. The van der Waals surface area contributed by atoms with Gasteiger partial charge >= 0.3 is 0 Å². The van der Waals surface area contributed by atoms with E-state index in [2.05, 4.69) is 45.9 Å². The molecule has 2 aromatic carbocycles. The molecule has 0 bridgehead atoms. The summed E-state index contributed by atoms with van der Waals surface area (Å²) < 4.78 is 0. The molecule has 1 aliphatic rings. The Balaban J connectivity index is 1.61. The largest absolute Gasteiger partial charge is 0.372 e. The molecule has 1 heterocycles. The van der Waals surface area contributed by atoms with Crippen LogP contribution in [-0.2, 0) is 6.42 Å². The van der Waals surface area contributed by atoms with E-state index in [-0.39, 0.29) is 0 Å². The standard InChI is InChI=1S/C20H23ClN4S/c1-3-25-10-4-5-16-12-15(7-9-19(16)25)13-22-24-20(26)23-18-8-6-14(2)11-17(18)21/h6-9,11-13H,3-5,10H2,1-2H3,(H2,23,24,26). The maximum atomic E-state index is 6.20. The van der Waals surface area contributed by atoms with Crippen molar-refractivity contribution in [3.63, 3.8) is 0 Å². The lowest BCUT2D eigenvalue weighted by molar-refractivity contribution is 0.708. The number of rotatable bonds is 4. The highest BCUT2D eigenvalue weighted by atomic mass is 35.5. The topological polar surface area (TPSA) is 39.7 Å². The van der Waals surface area contributed by atoms with E-state index >= 15 is 0 Å². The Kier molecular flexibility index (Phi) is 6.12. The Morgan fingerprint density at radius 3 is 2.92 bits per heavy atom. The Labute approximate surface area is 165 Å². The van der Waals surface area contributed by atoms with Crippen molar-refractivity contribution in [1.29, 1.82) is 0 Å². The number of fused-ring (bicyclic) bond motifs is 1. The Bertz CT molecular complexity index is 835. The molecule has 4 nitrogen and oxygen atoms in total. The second-order valence-corrected chi connectivity index (χ2v) is 7.19. The zero-order valence-electron chi connectivity index (χ0n) is 15.1. The summed E-state index contributed by atoms with van der Waals surface area (Å²) in [7, 11) is 0. The van der Waals surface area contributed by atoms with E-state index in [1.54, 1.807) is 6.21 Å². The number of nitrogens with zero attached hydrogens (tertiary/aromatic N) is 2.